The lowest BCUT2D eigenvalue weighted by Gasteiger charge is -2.35. The molecular formula is C23H21BO2. The molecule has 2 aliphatic rings. The molecule has 0 amide bonds. The van der Waals surface area contributed by atoms with Crippen molar-refractivity contribution in [2.24, 2.45) is 0 Å². The van der Waals surface area contributed by atoms with E-state index in [1.165, 1.54) is 22.1 Å². The van der Waals surface area contributed by atoms with Gasteiger partial charge in [0.15, 0.2) is 0 Å². The van der Waals surface area contributed by atoms with Crippen LogP contribution in [0.4, 0.5) is 0 Å². The van der Waals surface area contributed by atoms with Crippen molar-refractivity contribution in [3.8, 4) is 23.0 Å². The molecule has 2 heterocycles. The highest BCUT2D eigenvalue weighted by Crippen LogP contribution is 2.38. The molecule has 2 aliphatic heterocycles. The third-order valence-corrected chi connectivity index (χ3v) is 5.39. The fourth-order valence-corrected chi connectivity index (χ4v) is 4.15. The highest BCUT2D eigenvalue weighted by molar-refractivity contribution is 6.98. The number of rotatable bonds is 0. The number of hydrogen-bond donors (Lipinski definition) is 0. The third-order valence-electron chi connectivity index (χ3n) is 5.39. The number of benzene rings is 3. The number of ether oxygens (including phenoxy) is 2. The molecule has 0 bridgehead atoms. The smallest absolute Gasteiger partial charge is 0.260 e. The normalized spacial score (nSPS) is 13.9. The molecule has 0 spiro atoms. The Hall–Kier alpha value is -2.68. The molecule has 3 aromatic carbocycles. The predicted octanol–water partition coefficient (Wildman–Crippen LogP) is 4.02. The first kappa shape index (κ1) is 15.6. The first-order valence-electron chi connectivity index (χ1n) is 9.16. The van der Waals surface area contributed by atoms with Crippen LogP contribution in [0.2, 0.25) is 0 Å². The molecular weight excluding hydrogens is 319 g/mol. The zero-order valence-corrected chi connectivity index (χ0v) is 15.6. The van der Waals surface area contributed by atoms with Crippen molar-refractivity contribution in [3.63, 3.8) is 0 Å². The van der Waals surface area contributed by atoms with Gasteiger partial charge in [-0.05, 0) is 52.6 Å². The van der Waals surface area contributed by atoms with Crippen LogP contribution in [-0.2, 0) is 5.41 Å². The van der Waals surface area contributed by atoms with E-state index >= 15 is 0 Å². The standard InChI is InChI=1S/C23H21BO2/c1-14-11-12-16-20(13-14)25-18-9-6-10-19-21(18)24(16)17-8-5-7-15(22(17)26-19)23(2,3)4/h5-13H,1-4H3. The molecule has 26 heavy (non-hydrogen) atoms. The van der Waals surface area contributed by atoms with Crippen LogP contribution in [0.3, 0.4) is 0 Å². The molecule has 0 radical (unpaired) electrons. The van der Waals surface area contributed by atoms with Crippen LogP contribution in [0.1, 0.15) is 31.9 Å². The first-order chi connectivity index (χ1) is 12.4. The number of aryl methyl sites for hydroxylation is 1. The van der Waals surface area contributed by atoms with Gasteiger partial charge in [0.25, 0.3) is 6.71 Å². The van der Waals surface area contributed by atoms with Gasteiger partial charge in [0.05, 0.1) is 0 Å². The molecule has 3 aromatic rings. The maximum Gasteiger partial charge on any atom is 0.260 e. The summed E-state index contributed by atoms with van der Waals surface area (Å²) in [7, 11) is 0. The minimum absolute atomic E-state index is 0.0156. The highest BCUT2D eigenvalue weighted by Gasteiger charge is 2.41. The second-order valence-corrected chi connectivity index (χ2v) is 8.32. The van der Waals surface area contributed by atoms with E-state index in [4.69, 9.17) is 9.47 Å². The monoisotopic (exact) mass is 340 g/mol. The lowest BCUT2D eigenvalue weighted by molar-refractivity contribution is 0.448. The summed E-state index contributed by atoms with van der Waals surface area (Å²) in [5.41, 5.74) is 6.05. The molecule has 0 aliphatic carbocycles. The van der Waals surface area contributed by atoms with E-state index in [1.807, 2.05) is 12.1 Å². The van der Waals surface area contributed by atoms with Crippen LogP contribution in [0.15, 0.2) is 54.6 Å². The zero-order chi connectivity index (χ0) is 18.1. The van der Waals surface area contributed by atoms with Gasteiger partial charge >= 0.3 is 0 Å². The Morgan fingerprint density at radius 1 is 0.769 bits per heavy atom. The summed E-state index contributed by atoms with van der Waals surface area (Å²) in [4.78, 5) is 0. The quantitative estimate of drug-likeness (QED) is 0.397. The summed E-state index contributed by atoms with van der Waals surface area (Å²) < 4.78 is 12.7. The van der Waals surface area contributed by atoms with E-state index in [0.717, 1.165) is 28.5 Å². The van der Waals surface area contributed by atoms with Gasteiger partial charge in [-0.2, -0.15) is 0 Å². The largest absolute Gasteiger partial charge is 0.458 e. The number of hydrogen-bond acceptors (Lipinski definition) is 2. The number of para-hydroxylation sites is 1. The van der Waals surface area contributed by atoms with Gasteiger partial charge in [-0.25, -0.2) is 0 Å². The molecule has 0 saturated carbocycles. The van der Waals surface area contributed by atoms with E-state index in [1.54, 1.807) is 0 Å². The SMILES string of the molecule is Cc1ccc2c(c1)Oc1cccc3c1B2c1cccc(C(C)(C)C)c1O3. The minimum Gasteiger partial charge on any atom is -0.458 e. The summed E-state index contributed by atoms with van der Waals surface area (Å²) in [6.07, 6.45) is 0. The molecule has 5 rings (SSSR count). The molecule has 0 unspecified atom stereocenters. The summed E-state index contributed by atoms with van der Waals surface area (Å²) >= 11 is 0. The molecule has 0 N–H and O–H groups in total. The van der Waals surface area contributed by atoms with Gasteiger partial charge in [-0.1, -0.05) is 57.2 Å². The van der Waals surface area contributed by atoms with Crippen LogP contribution in [0.5, 0.6) is 23.0 Å². The Kier molecular flexibility index (Phi) is 3.09. The van der Waals surface area contributed by atoms with Crippen LogP contribution in [-0.4, -0.2) is 6.71 Å². The van der Waals surface area contributed by atoms with Gasteiger partial charge in [-0.3, -0.25) is 0 Å². The van der Waals surface area contributed by atoms with Gasteiger partial charge in [-0.15, -0.1) is 0 Å². The Morgan fingerprint density at radius 2 is 1.50 bits per heavy atom. The maximum absolute atomic E-state index is 6.44. The lowest BCUT2D eigenvalue weighted by atomic mass is 9.34. The van der Waals surface area contributed by atoms with Gasteiger partial charge in [0.1, 0.15) is 23.0 Å². The predicted molar refractivity (Wildman–Crippen MR) is 108 cm³/mol. The van der Waals surface area contributed by atoms with Crippen LogP contribution in [0, 0.1) is 6.92 Å². The lowest BCUT2D eigenvalue weighted by Crippen LogP contribution is -2.57. The zero-order valence-electron chi connectivity index (χ0n) is 15.6. The van der Waals surface area contributed by atoms with Crippen molar-refractivity contribution in [1.29, 1.82) is 0 Å². The summed E-state index contributed by atoms with van der Waals surface area (Å²) in [6.45, 7) is 8.96. The average Bonchev–Trinajstić information content (AvgIpc) is 2.60. The highest BCUT2D eigenvalue weighted by atomic mass is 16.5. The second-order valence-electron chi connectivity index (χ2n) is 8.32. The van der Waals surface area contributed by atoms with Crippen molar-refractivity contribution in [2.45, 2.75) is 33.1 Å². The molecule has 3 heteroatoms. The summed E-state index contributed by atoms with van der Waals surface area (Å²) in [6, 6.07) is 19.1. The van der Waals surface area contributed by atoms with Crippen molar-refractivity contribution >= 4 is 23.1 Å². The van der Waals surface area contributed by atoms with Gasteiger partial charge in [0.2, 0.25) is 0 Å². The molecule has 2 nitrogen and oxygen atoms in total. The van der Waals surface area contributed by atoms with Gasteiger partial charge < -0.3 is 9.47 Å². The van der Waals surface area contributed by atoms with Crippen molar-refractivity contribution < 1.29 is 9.47 Å². The Bertz CT molecular complexity index is 1050. The van der Waals surface area contributed by atoms with Crippen LogP contribution < -0.4 is 25.9 Å². The maximum atomic E-state index is 6.44. The van der Waals surface area contributed by atoms with Crippen molar-refractivity contribution in [3.05, 3.63) is 65.7 Å². The Balaban J connectivity index is 1.83. The van der Waals surface area contributed by atoms with Crippen LogP contribution in [0.25, 0.3) is 0 Å². The van der Waals surface area contributed by atoms with Gasteiger partial charge in [0, 0.05) is 5.46 Å². The fraction of sp³-hybridized carbons (Fsp3) is 0.217. The average molecular weight is 340 g/mol. The summed E-state index contributed by atoms with van der Waals surface area (Å²) in [5, 5.41) is 0. The van der Waals surface area contributed by atoms with Crippen LogP contribution >= 0.6 is 0 Å². The van der Waals surface area contributed by atoms with Crippen molar-refractivity contribution in [2.75, 3.05) is 0 Å². The van der Waals surface area contributed by atoms with E-state index in [-0.39, 0.29) is 12.1 Å². The van der Waals surface area contributed by atoms with E-state index in [0.29, 0.717) is 0 Å². The van der Waals surface area contributed by atoms with E-state index in [2.05, 4.69) is 70.2 Å². The summed E-state index contributed by atoms with van der Waals surface area (Å²) in [5.74, 6) is 3.76. The molecule has 128 valence electrons. The van der Waals surface area contributed by atoms with Crippen molar-refractivity contribution in [1.82, 2.24) is 0 Å². The molecule has 0 atom stereocenters. The van der Waals surface area contributed by atoms with E-state index < -0.39 is 0 Å². The Labute approximate surface area is 154 Å². The fourth-order valence-electron chi connectivity index (χ4n) is 4.15. The third kappa shape index (κ3) is 2.13. The van der Waals surface area contributed by atoms with E-state index in [9.17, 15) is 0 Å². The second kappa shape index (κ2) is 5.17. The molecule has 0 aromatic heterocycles. The minimum atomic E-state index is 0.0156. The number of fused-ring (bicyclic) bond motifs is 4. The Morgan fingerprint density at radius 3 is 2.27 bits per heavy atom. The first-order valence-corrected chi connectivity index (χ1v) is 9.16. The molecule has 0 saturated heterocycles. The molecule has 0 fully saturated rings. The topological polar surface area (TPSA) is 18.5 Å².